The van der Waals surface area contributed by atoms with Crippen molar-refractivity contribution in [2.45, 2.75) is 51.5 Å². The third-order valence-electron chi connectivity index (χ3n) is 4.14. The molecule has 1 aliphatic heterocycles. The Morgan fingerprint density at radius 1 is 1.29 bits per heavy atom. The van der Waals surface area contributed by atoms with Crippen LogP contribution >= 0.6 is 0 Å². The molecule has 0 bridgehead atoms. The molecule has 0 saturated carbocycles. The van der Waals surface area contributed by atoms with Crippen molar-refractivity contribution in [1.29, 1.82) is 0 Å². The highest BCUT2D eigenvalue weighted by atomic mass is 16.4. The van der Waals surface area contributed by atoms with Crippen LogP contribution in [0.3, 0.4) is 0 Å². The van der Waals surface area contributed by atoms with E-state index in [4.69, 9.17) is 5.11 Å². The molecule has 1 heterocycles. The Kier molecular flexibility index (Phi) is 6.35. The molecule has 1 unspecified atom stereocenters. The van der Waals surface area contributed by atoms with Crippen molar-refractivity contribution >= 4 is 23.5 Å². The number of carbonyl (C=O) groups excluding carboxylic acids is 2. The third kappa shape index (κ3) is 4.81. The Morgan fingerprint density at radius 3 is 2.79 bits per heavy atom. The molecule has 1 fully saturated rings. The van der Waals surface area contributed by atoms with Gasteiger partial charge in [-0.15, -0.1) is 0 Å². The van der Waals surface area contributed by atoms with Gasteiger partial charge < -0.3 is 15.3 Å². The van der Waals surface area contributed by atoms with Crippen LogP contribution in [0, 0.1) is 0 Å². The molecule has 2 rings (SSSR count). The monoisotopic (exact) mass is 332 g/mol. The normalized spacial score (nSPS) is 17.4. The molecule has 1 aromatic carbocycles. The number of aliphatic carboxylic acids is 1. The van der Waals surface area contributed by atoms with Gasteiger partial charge in [-0.05, 0) is 43.4 Å². The van der Waals surface area contributed by atoms with Crippen LogP contribution in [-0.4, -0.2) is 40.4 Å². The Bertz CT molecular complexity index is 615. The number of carbonyl (C=O) groups is 3. The summed E-state index contributed by atoms with van der Waals surface area (Å²) in [5.41, 5.74) is 1.19. The molecule has 130 valence electrons. The highest BCUT2D eigenvalue weighted by Crippen LogP contribution is 2.21. The third-order valence-corrected chi connectivity index (χ3v) is 4.14. The fourth-order valence-electron chi connectivity index (χ4n) is 3.02. The molecule has 0 radical (unpaired) electrons. The molecule has 1 aliphatic rings. The fourth-order valence-corrected chi connectivity index (χ4v) is 3.02. The van der Waals surface area contributed by atoms with Gasteiger partial charge in [-0.1, -0.05) is 19.1 Å². The van der Waals surface area contributed by atoms with Gasteiger partial charge in [-0.25, -0.2) is 0 Å². The fraction of sp³-hybridized carbons (Fsp3) is 0.500. The van der Waals surface area contributed by atoms with Crippen LogP contribution in [0.4, 0.5) is 5.69 Å². The van der Waals surface area contributed by atoms with Gasteiger partial charge >= 0.3 is 5.97 Å². The second kappa shape index (κ2) is 8.47. The van der Waals surface area contributed by atoms with E-state index in [1.165, 1.54) is 0 Å². The van der Waals surface area contributed by atoms with Gasteiger partial charge in [0.1, 0.15) is 6.04 Å². The van der Waals surface area contributed by atoms with Crippen LogP contribution in [0.5, 0.6) is 0 Å². The predicted molar refractivity (Wildman–Crippen MR) is 90.7 cm³/mol. The summed E-state index contributed by atoms with van der Waals surface area (Å²) in [5.74, 6) is -1.09. The molecule has 0 aliphatic carbocycles. The van der Waals surface area contributed by atoms with E-state index < -0.39 is 12.0 Å². The van der Waals surface area contributed by atoms with Gasteiger partial charge in [0.2, 0.25) is 11.8 Å². The van der Waals surface area contributed by atoms with E-state index >= 15 is 0 Å². The first-order chi connectivity index (χ1) is 11.5. The number of anilines is 1. The van der Waals surface area contributed by atoms with Gasteiger partial charge in [0, 0.05) is 18.7 Å². The lowest BCUT2D eigenvalue weighted by Gasteiger charge is -2.34. The average molecular weight is 332 g/mol. The average Bonchev–Trinajstić information content (AvgIpc) is 2.54. The molecular weight excluding hydrogens is 308 g/mol. The number of hydrogen-bond donors (Lipinski definition) is 2. The van der Waals surface area contributed by atoms with Crippen LogP contribution in [-0.2, 0) is 20.8 Å². The van der Waals surface area contributed by atoms with E-state index in [-0.39, 0.29) is 18.2 Å². The quantitative estimate of drug-likeness (QED) is 0.837. The molecule has 1 aromatic rings. The van der Waals surface area contributed by atoms with Crippen molar-refractivity contribution in [2.24, 2.45) is 0 Å². The molecule has 0 spiro atoms. The summed E-state index contributed by atoms with van der Waals surface area (Å²) in [7, 11) is 0. The maximum atomic E-state index is 12.6. The van der Waals surface area contributed by atoms with E-state index in [1.54, 1.807) is 29.2 Å². The summed E-state index contributed by atoms with van der Waals surface area (Å²) < 4.78 is 0. The number of carboxylic acids is 1. The minimum atomic E-state index is -0.915. The summed E-state index contributed by atoms with van der Waals surface area (Å²) in [6.45, 7) is 2.57. The Hall–Kier alpha value is -2.37. The number of carboxylic acid groups (broad SMARTS) is 1. The van der Waals surface area contributed by atoms with E-state index in [2.05, 4.69) is 5.32 Å². The van der Waals surface area contributed by atoms with E-state index in [0.717, 1.165) is 19.3 Å². The van der Waals surface area contributed by atoms with Crippen LogP contribution < -0.4 is 5.32 Å². The lowest BCUT2D eigenvalue weighted by atomic mass is 10.0. The highest BCUT2D eigenvalue weighted by molar-refractivity contribution is 5.97. The van der Waals surface area contributed by atoms with Crippen LogP contribution in [0.25, 0.3) is 0 Å². The highest BCUT2D eigenvalue weighted by Gasteiger charge is 2.31. The van der Waals surface area contributed by atoms with E-state index in [0.29, 0.717) is 30.6 Å². The van der Waals surface area contributed by atoms with Gasteiger partial charge in [0.05, 0.1) is 6.42 Å². The van der Waals surface area contributed by atoms with Crippen molar-refractivity contribution in [3.05, 3.63) is 29.8 Å². The smallest absolute Gasteiger partial charge is 0.307 e. The van der Waals surface area contributed by atoms with Gasteiger partial charge in [-0.2, -0.15) is 0 Å². The van der Waals surface area contributed by atoms with Crippen molar-refractivity contribution in [3.8, 4) is 0 Å². The summed E-state index contributed by atoms with van der Waals surface area (Å²) in [6, 6.07) is 6.37. The molecule has 1 saturated heterocycles. The van der Waals surface area contributed by atoms with Crippen LogP contribution in [0.2, 0.25) is 0 Å². The van der Waals surface area contributed by atoms with Crippen molar-refractivity contribution < 1.29 is 19.5 Å². The largest absolute Gasteiger partial charge is 0.481 e. The Balaban J connectivity index is 2.06. The molecular formula is C18H24N2O4. The lowest BCUT2D eigenvalue weighted by Crippen LogP contribution is -2.49. The van der Waals surface area contributed by atoms with Crippen LogP contribution in [0.1, 0.15) is 44.6 Å². The maximum Gasteiger partial charge on any atom is 0.307 e. The predicted octanol–water partition coefficient (Wildman–Crippen LogP) is 2.43. The zero-order valence-corrected chi connectivity index (χ0v) is 14.0. The maximum absolute atomic E-state index is 12.6. The minimum absolute atomic E-state index is 0.0250. The van der Waals surface area contributed by atoms with Crippen molar-refractivity contribution in [3.63, 3.8) is 0 Å². The van der Waals surface area contributed by atoms with Gasteiger partial charge in [0.15, 0.2) is 0 Å². The van der Waals surface area contributed by atoms with Crippen LogP contribution in [0.15, 0.2) is 24.3 Å². The second-order valence-corrected chi connectivity index (χ2v) is 6.11. The number of hydrogen-bond acceptors (Lipinski definition) is 3. The first-order valence-corrected chi connectivity index (χ1v) is 8.42. The van der Waals surface area contributed by atoms with Gasteiger partial charge in [0.25, 0.3) is 0 Å². The molecule has 24 heavy (non-hydrogen) atoms. The summed E-state index contributed by atoms with van der Waals surface area (Å²) in [5, 5.41) is 11.7. The van der Waals surface area contributed by atoms with E-state index in [9.17, 15) is 14.4 Å². The molecule has 2 N–H and O–H groups in total. The Labute approximate surface area is 141 Å². The summed E-state index contributed by atoms with van der Waals surface area (Å²) in [4.78, 5) is 37.3. The molecule has 6 heteroatoms. The number of piperidine rings is 1. The molecule has 0 aromatic heterocycles. The summed E-state index contributed by atoms with van der Waals surface area (Å²) in [6.07, 6.45) is 3.64. The topological polar surface area (TPSA) is 86.7 Å². The molecule has 1 atom stereocenters. The second-order valence-electron chi connectivity index (χ2n) is 6.11. The number of likely N-dealkylation sites (tertiary alicyclic amines) is 1. The number of amides is 2. The number of rotatable bonds is 6. The zero-order valence-electron chi connectivity index (χ0n) is 14.0. The minimum Gasteiger partial charge on any atom is -0.481 e. The van der Waals surface area contributed by atoms with Gasteiger partial charge in [-0.3, -0.25) is 14.4 Å². The van der Waals surface area contributed by atoms with Crippen molar-refractivity contribution in [2.75, 3.05) is 11.9 Å². The number of nitrogens with one attached hydrogen (secondary N) is 1. The first-order valence-electron chi connectivity index (χ1n) is 8.42. The SMILES string of the molecule is CCCC(=O)N1CCCCC1C(=O)Nc1cccc(CC(=O)O)c1. The number of nitrogens with zero attached hydrogens (tertiary/aromatic N) is 1. The zero-order chi connectivity index (χ0) is 17.5. The summed E-state index contributed by atoms with van der Waals surface area (Å²) >= 11 is 0. The first kappa shape index (κ1) is 18.0. The van der Waals surface area contributed by atoms with E-state index in [1.807, 2.05) is 6.92 Å². The number of benzene rings is 1. The molecule has 2 amide bonds. The Morgan fingerprint density at radius 2 is 2.08 bits per heavy atom. The molecule has 6 nitrogen and oxygen atoms in total. The lowest BCUT2D eigenvalue weighted by molar-refractivity contribution is -0.140. The standard InChI is InChI=1S/C18H24N2O4/c1-2-6-16(21)20-10-4-3-9-15(20)18(24)19-14-8-5-7-13(11-14)12-17(22)23/h5,7-8,11,15H,2-4,6,9-10,12H2,1H3,(H,19,24)(H,22,23). The van der Waals surface area contributed by atoms with Crippen molar-refractivity contribution in [1.82, 2.24) is 4.90 Å².